The molecule has 4 heterocycles. The Morgan fingerprint density at radius 3 is 2.39 bits per heavy atom. The average molecular weight is 618 g/mol. The molecule has 4 aliphatic heterocycles. The van der Waals surface area contributed by atoms with Crippen molar-refractivity contribution in [2.75, 3.05) is 31.1 Å². The highest BCUT2D eigenvalue weighted by Gasteiger charge is 2.74. The quantitative estimate of drug-likeness (QED) is 0.326. The highest BCUT2D eigenvalue weighted by molar-refractivity contribution is 6.34. The molecule has 0 saturated carbocycles. The van der Waals surface area contributed by atoms with Gasteiger partial charge in [-0.1, -0.05) is 91.2 Å². The molecule has 0 radical (unpaired) electrons. The Morgan fingerprint density at radius 1 is 0.886 bits per heavy atom. The third-order valence-corrected chi connectivity index (χ3v) is 9.93. The summed E-state index contributed by atoms with van der Waals surface area (Å²) >= 11 is 6.66. The first-order valence-corrected chi connectivity index (χ1v) is 16.0. The molecule has 5 atom stereocenters. The molecule has 9 heteroatoms. The summed E-state index contributed by atoms with van der Waals surface area (Å²) < 4.78 is 6.96. The van der Waals surface area contributed by atoms with Crippen LogP contribution >= 0.6 is 11.6 Å². The lowest BCUT2D eigenvalue weighted by Crippen LogP contribution is -2.56. The number of para-hydroxylation sites is 1. The van der Waals surface area contributed by atoms with E-state index in [0.29, 0.717) is 43.2 Å². The van der Waals surface area contributed by atoms with Crippen molar-refractivity contribution in [3.8, 4) is 0 Å². The number of carbonyl (C=O) groups excluding carboxylic acids is 3. The van der Waals surface area contributed by atoms with E-state index in [2.05, 4.69) is 0 Å². The molecule has 2 saturated heterocycles. The number of likely N-dealkylation sites (tertiary alicyclic amines) is 1. The largest absolute Gasteiger partial charge is 0.396 e. The number of hydrogen-bond donors (Lipinski definition) is 1. The van der Waals surface area contributed by atoms with Crippen LogP contribution in [0.15, 0.2) is 72.8 Å². The number of carbonyl (C=O) groups is 3. The third-order valence-electron chi connectivity index (χ3n) is 9.62. The predicted molar refractivity (Wildman–Crippen MR) is 169 cm³/mol. The van der Waals surface area contributed by atoms with Gasteiger partial charge in [-0.05, 0) is 43.9 Å². The molecular formula is C35H40ClN3O5. The van der Waals surface area contributed by atoms with Gasteiger partial charge >= 0.3 is 0 Å². The first kappa shape index (κ1) is 30.6. The Labute approximate surface area is 263 Å². The molecule has 1 N–H and O–H groups in total. The fourth-order valence-electron chi connectivity index (χ4n) is 7.67. The average Bonchev–Trinajstić information content (AvgIpc) is 3.27. The molecule has 0 bridgehead atoms. The number of ether oxygens (including phenoxy) is 1. The number of aryl methyl sites for hydroxylation is 1. The van der Waals surface area contributed by atoms with Gasteiger partial charge in [-0.2, -0.15) is 0 Å². The Hall–Kier alpha value is -3.46. The van der Waals surface area contributed by atoms with E-state index in [1.807, 2.05) is 80.6 Å². The predicted octanol–water partition coefficient (Wildman–Crippen LogP) is 4.67. The number of benzene rings is 2. The highest BCUT2D eigenvalue weighted by Crippen LogP contribution is 2.57. The molecule has 232 valence electrons. The second-order valence-corrected chi connectivity index (χ2v) is 12.9. The lowest BCUT2D eigenvalue weighted by molar-refractivity contribution is -0.148. The molecule has 8 nitrogen and oxygen atoms in total. The summed E-state index contributed by atoms with van der Waals surface area (Å²) in [4.78, 5) is 48.9. The van der Waals surface area contributed by atoms with Crippen molar-refractivity contribution < 1.29 is 24.2 Å². The second-order valence-electron chi connectivity index (χ2n) is 12.5. The van der Waals surface area contributed by atoms with Crippen LogP contribution in [-0.4, -0.2) is 76.1 Å². The Balaban J connectivity index is 1.41. The van der Waals surface area contributed by atoms with Crippen molar-refractivity contribution >= 4 is 35.0 Å². The van der Waals surface area contributed by atoms with Gasteiger partial charge in [-0.25, -0.2) is 0 Å². The number of fused-ring (bicyclic) bond motifs is 2. The third kappa shape index (κ3) is 5.07. The lowest BCUT2D eigenvalue weighted by Gasteiger charge is -2.37. The van der Waals surface area contributed by atoms with Gasteiger partial charge in [0.2, 0.25) is 11.8 Å². The first-order valence-electron chi connectivity index (χ1n) is 15.6. The van der Waals surface area contributed by atoms with Crippen LogP contribution in [0.5, 0.6) is 0 Å². The summed E-state index contributed by atoms with van der Waals surface area (Å²) in [5.74, 6) is -2.31. The van der Waals surface area contributed by atoms with E-state index < -0.39 is 29.1 Å². The van der Waals surface area contributed by atoms with Crippen LogP contribution < -0.4 is 4.90 Å². The number of hydrogen-bond acceptors (Lipinski definition) is 5. The van der Waals surface area contributed by atoms with E-state index >= 15 is 0 Å². The normalized spacial score (nSPS) is 29.5. The summed E-state index contributed by atoms with van der Waals surface area (Å²) in [5.41, 5.74) is 0.0722. The zero-order valence-corrected chi connectivity index (χ0v) is 26.1. The molecule has 2 fully saturated rings. The summed E-state index contributed by atoms with van der Waals surface area (Å²) in [6.07, 6.45) is 10.6. The maximum atomic E-state index is 14.7. The van der Waals surface area contributed by atoms with Crippen LogP contribution in [0.3, 0.4) is 0 Å². The van der Waals surface area contributed by atoms with Gasteiger partial charge in [0, 0.05) is 32.8 Å². The maximum Gasteiger partial charge on any atom is 0.253 e. The highest BCUT2D eigenvalue weighted by atomic mass is 35.5. The summed E-state index contributed by atoms with van der Waals surface area (Å²) in [7, 11) is 0. The van der Waals surface area contributed by atoms with Crippen molar-refractivity contribution in [2.45, 2.75) is 63.3 Å². The van der Waals surface area contributed by atoms with Gasteiger partial charge in [0.1, 0.15) is 11.6 Å². The fourth-order valence-corrected chi connectivity index (χ4v) is 7.99. The van der Waals surface area contributed by atoms with E-state index in [1.54, 1.807) is 20.8 Å². The molecule has 0 aromatic heterocycles. The van der Waals surface area contributed by atoms with Crippen molar-refractivity contribution in [1.82, 2.24) is 9.80 Å². The van der Waals surface area contributed by atoms with Crippen LogP contribution in [0, 0.1) is 18.8 Å². The van der Waals surface area contributed by atoms with E-state index in [1.165, 1.54) is 0 Å². The smallest absolute Gasteiger partial charge is 0.253 e. The van der Waals surface area contributed by atoms with Gasteiger partial charge in [0.15, 0.2) is 0 Å². The SMILES string of the molecule is Cc1cccc(Cl)c1N1CC=C[C@]23O[C@]4(C)C=CCN(Cc5ccccc5)C(=O)[C@@H]4[C@H]2C(=O)N(CCCCCCO)C3C1=O. The molecule has 2 aromatic carbocycles. The fraction of sp³-hybridized carbons (Fsp3) is 0.457. The van der Waals surface area contributed by atoms with Crippen LogP contribution in [0.2, 0.25) is 5.02 Å². The molecule has 6 rings (SSSR count). The topological polar surface area (TPSA) is 90.4 Å². The van der Waals surface area contributed by atoms with Gasteiger partial charge in [-0.3, -0.25) is 14.4 Å². The number of halogens is 1. The Morgan fingerprint density at radius 2 is 1.64 bits per heavy atom. The minimum Gasteiger partial charge on any atom is -0.396 e. The van der Waals surface area contributed by atoms with Crippen molar-refractivity contribution in [2.24, 2.45) is 11.8 Å². The molecule has 1 spiro atoms. The van der Waals surface area contributed by atoms with E-state index in [9.17, 15) is 19.5 Å². The standard InChI is InChI=1S/C35H40ClN3O5/c1-24-13-10-16-26(36)29(24)38-21-12-18-35-28(32(42)39(30(35)33(38)43)20-8-3-4-9-22-40)27-31(41)37(19-11-17-34(27,2)44-35)23-25-14-6-5-7-15-25/h5-7,10-18,27-28,30,40H,3-4,8-9,19-23H2,1-2H3/t27-,28-,30?,34+,35-/m0/s1. The van der Waals surface area contributed by atoms with Crippen molar-refractivity contribution in [3.63, 3.8) is 0 Å². The van der Waals surface area contributed by atoms with Crippen LogP contribution in [0.1, 0.15) is 43.7 Å². The van der Waals surface area contributed by atoms with Gasteiger partial charge < -0.3 is 24.5 Å². The van der Waals surface area contributed by atoms with E-state index in [4.69, 9.17) is 16.3 Å². The number of amides is 3. The molecule has 44 heavy (non-hydrogen) atoms. The molecule has 1 unspecified atom stereocenters. The Bertz CT molecular complexity index is 1470. The molecule has 4 aliphatic rings. The number of unbranched alkanes of at least 4 members (excludes halogenated alkanes) is 3. The minimum absolute atomic E-state index is 0.120. The Kier molecular flexibility index (Phi) is 8.44. The number of aliphatic hydroxyl groups excluding tert-OH is 1. The van der Waals surface area contributed by atoms with Crippen LogP contribution in [-0.2, 0) is 25.7 Å². The first-order chi connectivity index (χ1) is 21.2. The van der Waals surface area contributed by atoms with Crippen LogP contribution in [0.4, 0.5) is 5.69 Å². The molecule has 2 aromatic rings. The van der Waals surface area contributed by atoms with Crippen molar-refractivity contribution in [1.29, 1.82) is 0 Å². The summed E-state index contributed by atoms with van der Waals surface area (Å²) in [5, 5.41) is 9.69. The molecule has 3 amide bonds. The minimum atomic E-state index is -1.32. The number of rotatable bonds is 9. The molecular weight excluding hydrogens is 578 g/mol. The van der Waals surface area contributed by atoms with E-state index in [-0.39, 0.29) is 30.9 Å². The van der Waals surface area contributed by atoms with Gasteiger partial charge in [0.25, 0.3) is 5.91 Å². The van der Waals surface area contributed by atoms with Gasteiger partial charge in [-0.15, -0.1) is 0 Å². The zero-order chi connectivity index (χ0) is 31.1. The number of anilines is 1. The van der Waals surface area contributed by atoms with Gasteiger partial charge in [0.05, 0.1) is 28.1 Å². The summed E-state index contributed by atoms with van der Waals surface area (Å²) in [6, 6.07) is 14.4. The van der Waals surface area contributed by atoms with Crippen LogP contribution in [0.25, 0.3) is 0 Å². The number of nitrogens with zero attached hydrogens (tertiary/aromatic N) is 3. The second kappa shape index (κ2) is 12.1. The monoisotopic (exact) mass is 617 g/mol. The van der Waals surface area contributed by atoms with Crippen molar-refractivity contribution in [3.05, 3.63) is 89.0 Å². The summed E-state index contributed by atoms with van der Waals surface area (Å²) in [6.45, 7) is 5.34. The zero-order valence-electron chi connectivity index (χ0n) is 25.3. The van der Waals surface area contributed by atoms with E-state index in [0.717, 1.165) is 24.0 Å². The lowest BCUT2D eigenvalue weighted by atomic mass is 9.74. The molecule has 0 aliphatic carbocycles. The maximum absolute atomic E-state index is 14.7. The number of aliphatic hydroxyl groups is 1.